The maximum atomic E-state index is 6.23. The van der Waals surface area contributed by atoms with Crippen molar-refractivity contribution in [2.45, 2.75) is 19.8 Å². The van der Waals surface area contributed by atoms with Gasteiger partial charge in [0.2, 0.25) is 0 Å². The Morgan fingerprint density at radius 3 is 2.79 bits per heavy atom. The van der Waals surface area contributed by atoms with Crippen molar-refractivity contribution in [2.75, 3.05) is 11.9 Å². The number of anilines is 1. The second-order valence-electron chi connectivity index (χ2n) is 5.40. The van der Waals surface area contributed by atoms with Crippen LogP contribution >= 0.6 is 11.6 Å². The number of fused-ring (bicyclic) bond motifs is 1. The molecule has 2 heteroatoms. The van der Waals surface area contributed by atoms with Gasteiger partial charge in [0, 0.05) is 17.3 Å². The second-order valence-corrected chi connectivity index (χ2v) is 5.81. The van der Waals surface area contributed by atoms with E-state index in [9.17, 15) is 0 Å². The smallest absolute Gasteiger partial charge is 0.0439 e. The van der Waals surface area contributed by atoms with E-state index in [1.807, 2.05) is 0 Å². The van der Waals surface area contributed by atoms with E-state index >= 15 is 0 Å². The summed E-state index contributed by atoms with van der Waals surface area (Å²) in [6, 6.07) is 15.0. The van der Waals surface area contributed by atoms with Crippen LogP contribution in [-0.4, -0.2) is 6.54 Å². The van der Waals surface area contributed by atoms with Gasteiger partial charge < -0.3 is 5.32 Å². The lowest BCUT2D eigenvalue weighted by Gasteiger charge is -2.27. The van der Waals surface area contributed by atoms with Gasteiger partial charge in [-0.05, 0) is 54.5 Å². The van der Waals surface area contributed by atoms with Gasteiger partial charge in [-0.3, -0.25) is 0 Å². The molecular weight excluding hydrogens is 254 g/mol. The molecule has 1 heterocycles. The lowest BCUT2D eigenvalue weighted by atomic mass is 9.88. The van der Waals surface area contributed by atoms with Crippen LogP contribution in [0.3, 0.4) is 0 Å². The zero-order valence-corrected chi connectivity index (χ0v) is 11.9. The molecule has 3 rings (SSSR count). The molecule has 0 aliphatic carbocycles. The van der Waals surface area contributed by atoms with Gasteiger partial charge in [-0.2, -0.15) is 0 Å². The maximum Gasteiger partial charge on any atom is 0.0439 e. The average Bonchev–Trinajstić information content (AvgIpc) is 2.42. The van der Waals surface area contributed by atoms with Crippen LogP contribution in [0.25, 0.3) is 0 Å². The molecular formula is C17H18ClN. The van der Waals surface area contributed by atoms with Crippen molar-refractivity contribution in [1.29, 1.82) is 0 Å². The van der Waals surface area contributed by atoms with Crippen molar-refractivity contribution in [3.8, 4) is 0 Å². The summed E-state index contributed by atoms with van der Waals surface area (Å²) in [5.74, 6) is 0.647. The number of hydrogen-bond acceptors (Lipinski definition) is 1. The standard InChI is InChI=1S/C17H18ClN/c1-12-7-17-15(10-16(12)18)9-14(11-19-17)8-13-5-3-2-4-6-13/h2-7,10,14,19H,8-9,11H2,1H3. The molecule has 0 saturated heterocycles. The number of rotatable bonds is 2. The molecule has 1 aliphatic heterocycles. The third-order valence-electron chi connectivity index (χ3n) is 3.84. The molecule has 1 aliphatic rings. The normalized spacial score (nSPS) is 17.7. The van der Waals surface area contributed by atoms with Crippen LogP contribution in [0.5, 0.6) is 0 Å². The highest BCUT2D eigenvalue weighted by Crippen LogP contribution is 2.31. The summed E-state index contributed by atoms with van der Waals surface area (Å²) in [4.78, 5) is 0. The molecule has 0 fully saturated rings. The molecule has 0 amide bonds. The third-order valence-corrected chi connectivity index (χ3v) is 4.25. The van der Waals surface area contributed by atoms with Crippen LogP contribution in [0, 0.1) is 12.8 Å². The Balaban J connectivity index is 1.77. The van der Waals surface area contributed by atoms with Gasteiger partial charge >= 0.3 is 0 Å². The minimum Gasteiger partial charge on any atom is -0.385 e. The zero-order valence-electron chi connectivity index (χ0n) is 11.1. The highest BCUT2D eigenvalue weighted by atomic mass is 35.5. The van der Waals surface area contributed by atoms with Crippen LogP contribution < -0.4 is 5.32 Å². The first kappa shape index (κ1) is 12.6. The van der Waals surface area contributed by atoms with Gasteiger partial charge in [0.1, 0.15) is 0 Å². The molecule has 19 heavy (non-hydrogen) atoms. The topological polar surface area (TPSA) is 12.0 Å². The highest BCUT2D eigenvalue weighted by Gasteiger charge is 2.19. The van der Waals surface area contributed by atoms with Crippen LogP contribution in [0.4, 0.5) is 5.69 Å². The third kappa shape index (κ3) is 2.76. The fourth-order valence-electron chi connectivity index (χ4n) is 2.79. The summed E-state index contributed by atoms with van der Waals surface area (Å²) in [6.45, 7) is 3.10. The van der Waals surface area contributed by atoms with E-state index in [0.717, 1.165) is 30.0 Å². The molecule has 2 aromatic rings. The molecule has 98 valence electrons. The van der Waals surface area contributed by atoms with E-state index in [-0.39, 0.29) is 0 Å². The summed E-state index contributed by atoms with van der Waals surface area (Å²) < 4.78 is 0. The lowest BCUT2D eigenvalue weighted by molar-refractivity contribution is 0.535. The Morgan fingerprint density at radius 2 is 2.00 bits per heavy atom. The van der Waals surface area contributed by atoms with Gasteiger partial charge in [-0.1, -0.05) is 41.9 Å². The predicted octanol–water partition coefficient (Wildman–Crippen LogP) is 4.48. The van der Waals surface area contributed by atoms with Gasteiger partial charge in [0.15, 0.2) is 0 Å². The predicted molar refractivity (Wildman–Crippen MR) is 82.0 cm³/mol. The summed E-state index contributed by atoms with van der Waals surface area (Å²) in [6.07, 6.45) is 2.23. The van der Waals surface area contributed by atoms with Crippen LogP contribution in [-0.2, 0) is 12.8 Å². The Bertz CT molecular complexity index is 577. The van der Waals surface area contributed by atoms with Crippen molar-refractivity contribution < 1.29 is 0 Å². The van der Waals surface area contributed by atoms with E-state index in [4.69, 9.17) is 11.6 Å². The first-order valence-electron chi connectivity index (χ1n) is 6.79. The van der Waals surface area contributed by atoms with E-state index < -0.39 is 0 Å². The van der Waals surface area contributed by atoms with Crippen molar-refractivity contribution in [3.63, 3.8) is 0 Å². The summed E-state index contributed by atoms with van der Waals surface area (Å²) in [5.41, 5.74) is 5.17. The van der Waals surface area contributed by atoms with Gasteiger partial charge in [-0.25, -0.2) is 0 Å². The van der Waals surface area contributed by atoms with Crippen molar-refractivity contribution in [3.05, 3.63) is 64.2 Å². The molecule has 1 atom stereocenters. The minimum atomic E-state index is 0.647. The number of benzene rings is 2. The first-order valence-corrected chi connectivity index (χ1v) is 7.17. The zero-order chi connectivity index (χ0) is 13.2. The molecule has 0 radical (unpaired) electrons. The molecule has 0 spiro atoms. The molecule has 1 N–H and O–H groups in total. The summed E-state index contributed by atoms with van der Waals surface area (Å²) in [5, 5.41) is 4.42. The fourth-order valence-corrected chi connectivity index (χ4v) is 2.97. The number of aryl methyl sites for hydroxylation is 1. The fraction of sp³-hybridized carbons (Fsp3) is 0.294. The maximum absolute atomic E-state index is 6.23. The molecule has 0 aromatic heterocycles. The van der Waals surface area contributed by atoms with Gasteiger partial charge in [0.25, 0.3) is 0 Å². The number of halogens is 1. The second kappa shape index (κ2) is 5.26. The molecule has 0 saturated carbocycles. The lowest BCUT2D eigenvalue weighted by Crippen LogP contribution is -2.25. The van der Waals surface area contributed by atoms with E-state index in [1.54, 1.807) is 0 Å². The molecule has 2 aromatic carbocycles. The van der Waals surface area contributed by atoms with Crippen LogP contribution in [0.2, 0.25) is 5.02 Å². The van der Waals surface area contributed by atoms with E-state index in [1.165, 1.54) is 16.8 Å². The first-order chi connectivity index (χ1) is 9.22. The quantitative estimate of drug-likeness (QED) is 0.849. The van der Waals surface area contributed by atoms with Crippen LogP contribution in [0.15, 0.2) is 42.5 Å². The Kier molecular flexibility index (Phi) is 3.48. The average molecular weight is 272 g/mol. The number of hydrogen-bond donors (Lipinski definition) is 1. The summed E-state index contributed by atoms with van der Waals surface area (Å²) in [7, 11) is 0. The highest BCUT2D eigenvalue weighted by molar-refractivity contribution is 6.31. The van der Waals surface area contributed by atoms with Crippen molar-refractivity contribution in [2.24, 2.45) is 5.92 Å². The SMILES string of the molecule is Cc1cc2c(cc1Cl)CC(Cc1ccccc1)CN2. The van der Waals surface area contributed by atoms with Gasteiger partial charge in [-0.15, -0.1) is 0 Å². The van der Waals surface area contributed by atoms with Gasteiger partial charge in [0.05, 0.1) is 0 Å². The Labute approximate surface area is 119 Å². The Hall–Kier alpha value is -1.47. The van der Waals surface area contributed by atoms with Crippen LogP contribution in [0.1, 0.15) is 16.7 Å². The molecule has 1 unspecified atom stereocenters. The monoisotopic (exact) mass is 271 g/mol. The Morgan fingerprint density at radius 1 is 1.21 bits per heavy atom. The van der Waals surface area contributed by atoms with Crippen molar-refractivity contribution >= 4 is 17.3 Å². The van der Waals surface area contributed by atoms with E-state index in [0.29, 0.717) is 5.92 Å². The molecule has 1 nitrogen and oxygen atoms in total. The number of nitrogens with one attached hydrogen (secondary N) is 1. The largest absolute Gasteiger partial charge is 0.385 e. The summed E-state index contributed by atoms with van der Waals surface area (Å²) >= 11 is 6.23. The minimum absolute atomic E-state index is 0.647. The van der Waals surface area contributed by atoms with E-state index in [2.05, 4.69) is 54.7 Å². The van der Waals surface area contributed by atoms with Crippen molar-refractivity contribution in [1.82, 2.24) is 0 Å². The molecule has 0 bridgehead atoms.